The topological polar surface area (TPSA) is 75.7 Å². The third kappa shape index (κ3) is 6.10. The van der Waals surface area contributed by atoms with Gasteiger partial charge < -0.3 is 15.0 Å². The van der Waals surface area contributed by atoms with Gasteiger partial charge >= 0.3 is 5.97 Å². The Morgan fingerprint density at radius 1 is 1.03 bits per heavy atom. The summed E-state index contributed by atoms with van der Waals surface area (Å²) in [4.78, 5) is 39.5. The number of nitrogens with one attached hydrogen (secondary N) is 1. The molecule has 2 aromatic carbocycles. The second kappa shape index (κ2) is 10.3. The van der Waals surface area contributed by atoms with Gasteiger partial charge in [0.15, 0.2) is 6.61 Å². The highest BCUT2D eigenvalue weighted by Crippen LogP contribution is 2.24. The van der Waals surface area contributed by atoms with Crippen molar-refractivity contribution in [1.82, 2.24) is 4.90 Å². The van der Waals surface area contributed by atoms with Gasteiger partial charge in [0.25, 0.3) is 5.91 Å². The number of rotatable bonds is 7. The summed E-state index contributed by atoms with van der Waals surface area (Å²) in [6, 6.07) is 12.7. The molecule has 1 N–H and O–H groups in total. The Balaban J connectivity index is 1.54. The predicted molar refractivity (Wildman–Crippen MR) is 118 cm³/mol. The van der Waals surface area contributed by atoms with Crippen LogP contribution >= 0.6 is 11.8 Å². The van der Waals surface area contributed by atoms with Crippen LogP contribution in [0.15, 0.2) is 47.4 Å². The van der Waals surface area contributed by atoms with E-state index < -0.39 is 11.9 Å². The van der Waals surface area contributed by atoms with Crippen molar-refractivity contribution in [3.63, 3.8) is 0 Å². The van der Waals surface area contributed by atoms with Crippen LogP contribution in [0.4, 0.5) is 5.69 Å². The predicted octanol–water partition coefficient (Wildman–Crippen LogP) is 3.81. The summed E-state index contributed by atoms with van der Waals surface area (Å²) in [7, 11) is 0. The number of hydrogen-bond donors (Lipinski definition) is 1. The number of thioether (sulfide) groups is 1. The number of nitrogens with zero attached hydrogens (tertiary/aromatic N) is 1. The molecule has 0 aliphatic carbocycles. The number of anilines is 1. The fourth-order valence-corrected chi connectivity index (χ4v) is 4.35. The van der Waals surface area contributed by atoms with E-state index in [0.717, 1.165) is 37.1 Å². The van der Waals surface area contributed by atoms with Crippen LogP contribution in [0.2, 0.25) is 0 Å². The number of carbonyl (C=O) groups excluding carboxylic acids is 3. The fourth-order valence-electron chi connectivity index (χ4n) is 3.41. The van der Waals surface area contributed by atoms with E-state index in [1.165, 1.54) is 11.8 Å². The lowest BCUT2D eigenvalue weighted by Crippen LogP contribution is -2.29. The Hall–Kier alpha value is -2.80. The van der Waals surface area contributed by atoms with Crippen LogP contribution in [0.25, 0.3) is 0 Å². The van der Waals surface area contributed by atoms with Crippen molar-refractivity contribution in [2.24, 2.45) is 0 Å². The first-order valence-electron chi connectivity index (χ1n) is 9.97. The van der Waals surface area contributed by atoms with Crippen LogP contribution in [0.5, 0.6) is 0 Å². The maximum absolute atomic E-state index is 12.5. The number of aryl methyl sites for hydroxylation is 2. The molecule has 6 nitrogen and oxygen atoms in total. The van der Waals surface area contributed by atoms with Gasteiger partial charge in [-0.25, -0.2) is 4.79 Å². The normalized spacial score (nSPS) is 13.2. The average molecular weight is 427 g/mol. The van der Waals surface area contributed by atoms with Crippen molar-refractivity contribution < 1.29 is 19.1 Å². The van der Waals surface area contributed by atoms with Crippen LogP contribution in [0.1, 0.15) is 34.3 Å². The minimum atomic E-state index is -0.581. The summed E-state index contributed by atoms with van der Waals surface area (Å²) in [6.45, 7) is 5.13. The molecule has 1 saturated heterocycles. The zero-order valence-corrected chi connectivity index (χ0v) is 18.1. The molecule has 0 atom stereocenters. The van der Waals surface area contributed by atoms with Gasteiger partial charge in [0.2, 0.25) is 5.91 Å². The summed E-state index contributed by atoms with van der Waals surface area (Å²) in [5, 5.41) is 2.74. The smallest absolute Gasteiger partial charge is 0.339 e. The SMILES string of the molecule is Cc1cc(C)cc(NC(=O)COC(=O)c2ccccc2SCC(=O)N2CCCC2)c1. The number of hydrogen-bond acceptors (Lipinski definition) is 5. The number of likely N-dealkylation sites (tertiary alicyclic amines) is 1. The zero-order chi connectivity index (χ0) is 21.5. The largest absolute Gasteiger partial charge is 0.452 e. The molecule has 1 aliphatic rings. The second-order valence-corrected chi connectivity index (χ2v) is 8.39. The van der Waals surface area contributed by atoms with Gasteiger partial charge in [-0.05, 0) is 62.1 Å². The van der Waals surface area contributed by atoms with Crippen LogP contribution < -0.4 is 5.32 Å². The summed E-state index contributed by atoms with van der Waals surface area (Å²) in [5.74, 6) is -0.629. The number of ether oxygens (including phenoxy) is 1. The van der Waals surface area contributed by atoms with Gasteiger partial charge in [0.05, 0.1) is 11.3 Å². The summed E-state index contributed by atoms with van der Waals surface area (Å²) >= 11 is 1.32. The van der Waals surface area contributed by atoms with E-state index in [0.29, 0.717) is 16.1 Å². The third-order valence-electron chi connectivity index (χ3n) is 4.76. The Kier molecular flexibility index (Phi) is 7.52. The molecule has 0 saturated carbocycles. The lowest BCUT2D eigenvalue weighted by Gasteiger charge is -2.15. The quantitative estimate of drug-likeness (QED) is 0.538. The maximum atomic E-state index is 12.5. The van der Waals surface area contributed by atoms with Crippen molar-refractivity contribution in [1.29, 1.82) is 0 Å². The molecule has 0 bridgehead atoms. The van der Waals surface area contributed by atoms with E-state index >= 15 is 0 Å². The molecular weight excluding hydrogens is 400 g/mol. The van der Waals surface area contributed by atoms with Gasteiger partial charge in [-0.1, -0.05) is 18.2 Å². The lowest BCUT2D eigenvalue weighted by atomic mass is 10.1. The van der Waals surface area contributed by atoms with E-state index in [2.05, 4.69) is 5.32 Å². The van der Waals surface area contributed by atoms with E-state index in [9.17, 15) is 14.4 Å². The highest BCUT2D eigenvalue weighted by molar-refractivity contribution is 8.00. The number of carbonyl (C=O) groups is 3. The average Bonchev–Trinajstić information content (AvgIpc) is 3.24. The van der Waals surface area contributed by atoms with Crippen molar-refractivity contribution in [2.75, 3.05) is 30.8 Å². The molecule has 7 heteroatoms. The second-order valence-electron chi connectivity index (χ2n) is 7.37. The Bertz CT molecular complexity index is 918. The first-order chi connectivity index (χ1) is 14.4. The van der Waals surface area contributed by atoms with Crippen molar-refractivity contribution in [3.05, 3.63) is 59.2 Å². The van der Waals surface area contributed by atoms with E-state index in [-0.39, 0.29) is 18.3 Å². The van der Waals surface area contributed by atoms with Crippen LogP contribution in [-0.4, -0.2) is 48.1 Å². The number of esters is 1. The van der Waals surface area contributed by atoms with Crippen molar-refractivity contribution >= 4 is 35.2 Å². The maximum Gasteiger partial charge on any atom is 0.339 e. The fraction of sp³-hybridized carbons (Fsp3) is 0.348. The molecule has 3 rings (SSSR count). The molecule has 2 aromatic rings. The summed E-state index contributed by atoms with van der Waals surface area (Å²) < 4.78 is 5.21. The van der Waals surface area contributed by atoms with E-state index in [1.54, 1.807) is 18.2 Å². The number of amides is 2. The molecule has 2 amide bonds. The van der Waals surface area contributed by atoms with Crippen LogP contribution in [-0.2, 0) is 14.3 Å². The Morgan fingerprint density at radius 3 is 2.40 bits per heavy atom. The standard InChI is InChI=1S/C23H26N2O4S/c1-16-11-17(2)13-18(12-16)24-21(26)14-29-23(28)19-7-3-4-8-20(19)30-15-22(27)25-9-5-6-10-25/h3-4,7-8,11-13H,5-6,9-10,14-15H2,1-2H3,(H,24,26). The monoisotopic (exact) mass is 426 g/mol. The van der Waals surface area contributed by atoms with Gasteiger partial charge in [-0.3, -0.25) is 9.59 Å². The molecule has 30 heavy (non-hydrogen) atoms. The molecular formula is C23H26N2O4S. The molecule has 0 spiro atoms. The minimum absolute atomic E-state index is 0.0773. The highest BCUT2D eigenvalue weighted by atomic mass is 32.2. The summed E-state index contributed by atoms with van der Waals surface area (Å²) in [5.41, 5.74) is 3.11. The highest BCUT2D eigenvalue weighted by Gasteiger charge is 2.20. The third-order valence-corrected chi connectivity index (χ3v) is 5.81. The Morgan fingerprint density at radius 2 is 1.70 bits per heavy atom. The first-order valence-corrected chi connectivity index (χ1v) is 11.0. The van der Waals surface area contributed by atoms with Gasteiger partial charge in [0, 0.05) is 23.7 Å². The molecule has 1 heterocycles. The molecule has 0 unspecified atom stereocenters. The van der Waals surface area contributed by atoms with E-state index in [1.807, 2.05) is 43.0 Å². The van der Waals surface area contributed by atoms with E-state index in [4.69, 9.17) is 4.74 Å². The van der Waals surface area contributed by atoms with Crippen molar-refractivity contribution in [2.45, 2.75) is 31.6 Å². The molecule has 1 fully saturated rings. The zero-order valence-electron chi connectivity index (χ0n) is 17.3. The minimum Gasteiger partial charge on any atom is -0.452 e. The van der Waals surface area contributed by atoms with Crippen molar-refractivity contribution in [3.8, 4) is 0 Å². The van der Waals surface area contributed by atoms with Gasteiger partial charge in [-0.2, -0.15) is 0 Å². The molecule has 1 aliphatic heterocycles. The number of benzene rings is 2. The van der Waals surface area contributed by atoms with Gasteiger partial charge in [0.1, 0.15) is 0 Å². The van der Waals surface area contributed by atoms with Crippen LogP contribution in [0, 0.1) is 13.8 Å². The summed E-state index contributed by atoms with van der Waals surface area (Å²) in [6.07, 6.45) is 2.09. The van der Waals surface area contributed by atoms with Crippen LogP contribution in [0.3, 0.4) is 0 Å². The Labute approximate surface area is 181 Å². The first kappa shape index (κ1) is 21.9. The molecule has 0 aromatic heterocycles. The molecule has 0 radical (unpaired) electrons. The lowest BCUT2D eigenvalue weighted by molar-refractivity contribution is -0.127. The molecule has 158 valence electrons. The van der Waals surface area contributed by atoms with Gasteiger partial charge in [-0.15, -0.1) is 11.8 Å².